The molecule has 0 saturated carbocycles. The minimum atomic E-state index is -4.41. The predicted octanol–water partition coefficient (Wildman–Crippen LogP) is 1.78. The maximum atomic E-state index is 12.7. The molecule has 1 aromatic rings. The molecule has 10 heteroatoms. The highest BCUT2D eigenvalue weighted by Crippen LogP contribution is 2.33. The third kappa shape index (κ3) is 4.98. The summed E-state index contributed by atoms with van der Waals surface area (Å²) in [5, 5.41) is 0. The van der Waals surface area contributed by atoms with Crippen LogP contribution in [0.4, 0.5) is 19.0 Å². The van der Waals surface area contributed by atoms with Crippen molar-refractivity contribution in [3.63, 3.8) is 0 Å². The van der Waals surface area contributed by atoms with Crippen LogP contribution in [0.5, 0.6) is 0 Å². The van der Waals surface area contributed by atoms with Crippen molar-refractivity contribution >= 4 is 17.6 Å². The zero-order chi connectivity index (χ0) is 21.2. The molecule has 3 rings (SSSR count). The smallest absolute Gasteiger partial charge is 0.372 e. The van der Waals surface area contributed by atoms with Crippen molar-refractivity contribution in [3.8, 4) is 0 Å². The Morgan fingerprint density at radius 2 is 1.97 bits per heavy atom. The fraction of sp³-hybridized carbons (Fsp3) is 0.632. The lowest BCUT2D eigenvalue weighted by Gasteiger charge is -2.43. The van der Waals surface area contributed by atoms with E-state index in [9.17, 15) is 22.8 Å². The van der Waals surface area contributed by atoms with Crippen molar-refractivity contribution in [1.82, 2.24) is 14.8 Å². The van der Waals surface area contributed by atoms with Crippen LogP contribution in [0.3, 0.4) is 0 Å². The Hall–Kier alpha value is -2.36. The molecule has 2 saturated heterocycles. The van der Waals surface area contributed by atoms with Gasteiger partial charge in [0.15, 0.2) is 0 Å². The number of halogens is 3. The molecule has 7 nitrogen and oxygen atoms in total. The fourth-order valence-electron chi connectivity index (χ4n) is 3.63. The van der Waals surface area contributed by atoms with Gasteiger partial charge in [-0.15, -0.1) is 0 Å². The molecule has 29 heavy (non-hydrogen) atoms. The first-order valence-corrected chi connectivity index (χ1v) is 9.50. The molecular weight excluding hydrogens is 389 g/mol. The first kappa shape index (κ1) is 21.4. The molecule has 160 valence electrons. The van der Waals surface area contributed by atoms with Crippen molar-refractivity contribution in [2.45, 2.75) is 31.0 Å². The van der Waals surface area contributed by atoms with E-state index in [-0.39, 0.29) is 24.8 Å². The van der Waals surface area contributed by atoms with Gasteiger partial charge in [-0.25, -0.2) is 4.98 Å². The van der Waals surface area contributed by atoms with Crippen LogP contribution in [0, 0.1) is 0 Å². The molecule has 2 aliphatic rings. The zero-order valence-electron chi connectivity index (χ0n) is 16.5. The standard InChI is InChI=1S/C19H25F3N4O3/c1-24(2)17(28)12-26-13-18(29-10-5-16(26)27)6-8-25(9-7-18)15-4-3-14(11-23-15)19(20,21)22/h3-4,11H,5-10,12-13H2,1-2H3. The minimum absolute atomic E-state index is 0.0150. The second-order valence-electron chi connectivity index (χ2n) is 7.71. The summed E-state index contributed by atoms with van der Waals surface area (Å²) in [6, 6.07) is 2.41. The van der Waals surface area contributed by atoms with E-state index < -0.39 is 17.3 Å². The monoisotopic (exact) mass is 414 g/mol. The van der Waals surface area contributed by atoms with Gasteiger partial charge in [0.25, 0.3) is 0 Å². The number of likely N-dealkylation sites (N-methyl/N-ethyl adjacent to an activating group) is 1. The fourth-order valence-corrected chi connectivity index (χ4v) is 3.63. The number of carbonyl (C=O) groups excluding carboxylic acids is 2. The first-order chi connectivity index (χ1) is 13.6. The number of amides is 2. The molecule has 0 bridgehead atoms. The van der Waals surface area contributed by atoms with E-state index in [1.165, 1.54) is 11.0 Å². The number of aromatic nitrogens is 1. The van der Waals surface area contributed by atoms with E-state index in [0.717, 1.165) is 12.3 Å². The normalized spacial score (nSPS) is 20.0. The zero-order valence-corrected chi connectivity index (χ0v) is 16.5. The minimum Gasteiger partial charge on any atom is -0.372 e. The van der Waals surface area contributed by atoms with Gasteiger partial charge in [0, 0.05) is 33.4 Å². The van der Waals surface area contributed by atoms with Crippen LogP contribution in [-0.4, -0.2) is 79.1 Å². The number of hydrogen-bond acceptors (Lipinski definition) is 5. The summed E-state index contributed by atoms with van der Waals surface area (Å²) in [5.41, 5.74) is -1.33. The molecule has 1 aromatic heterocycles. The number of alkyl halides is 3. The summed E-state index contributed by atoms with van der Waals surface area (Å²) in [5.74, 6) is 0.225. The van der Waals surface area contributed by atoms with Crippen molar-refractivity contribution in [3.05, 3.63) is 23.9 Å². The van der Waals surface area contributed by atoms with Crippen molar-refractivity contribution in [2.75, 3.05) is 51.8 Å². The average molecular weight is 414 g/mol. The van der Waals surface area contributed by atoms with Gasteiger partial charge >= 0.3 is 6.18 Å². The third-order valence-corrected chi connectivity index (χ3v) is 5.45. The third-order valence-electron chi connectivity index (χ3n) is 5.45. The number of anilines is 1. The molecular formula is C19H25F3N4O3. The Kier molecular flexibility index (Phi) is 6.02. The molecule has 3 heterocycles. The van der Waals surface area contributed by atoms with Gasteiger partial charge in [-0.05, 0) is 25.0 Å². The van der Waals surface area contributed by atoms with Gasteiger partial charge in [0.2, 0.25) is 11.8 Å². The molecule has 0 aliphatic carbocycles. The lowest BCUT2D eigenvalue weighted by Crippen LogP contribution is -2.53. The van der Waals surface area contributed by atoms with Crippen molar-refractivity contribution in [1.29, 1.82) is 0 Å². The van der Waals surface area contributed by atoms with Gasteiger partial charge in [0.1, 0.15) is 5.82 Å². The molecule has 2 fully saturated rings. The summed E-state index contributed by atoms with van der Waals surface area (Å²) in [7, 11) is 3.29. The highest BCUT2D eigenvalue weighted by atomic mass is 19.4. The van der Waals surface area contributed by atoms with Crippen LogP contribution in [0.2, 0.25) is 0 Å². The number of piperidine rings is 1. The molecule has 0 radical (unpaired) electrons. The van der Waals surface area contributed by atoms with Gasteiger partial charge in [-0.3, -0.25) is 9.59 Å². The Morgan fingerprint density at radius 3 is 2.52 bits per heavy atom. The number of carbonyl (C=O) groups is 2. The predicted molar refractivity (Wildman–Crippen MR) is 99.3 cm³/mol. The summed E-state index contributed by atoms with van der Waals surface area (Å²) in [6.07, 6.45) is -2.15. The van der Waals surface area contributed by atoms with Crippen LogP contribution in [0.1, 0.15) is 24.8 Å². The quantitative estimate of drug-likeness (QED) is 0.755. The lowest BCUT2D eigenvalue weighted by atomic mass is 9.90. The molecule has 0 N–H and O–H groups in total. The first-order valence-electron chi connectivity index (χ1n) is 9.50. The van der Waals surface area contributed by atoms with Crippen molar-refractivity contribution in [2.24, 2.45) is 0 Å². The van der Waals surface area contributed by atoms with E-state index in [2.05, 4.69) is 4.98 Å². The van der Waals surface area contributed by atoms with Crippen LogP contribution < -0.4 is 4.90 Å². The number of hydrogen-bond donors (Lipinski definition) is 0. The lowest BCUT2D eigenvalue weighted by molar-refractivity contribution is -0.139. The Morgan fingerprint density at radius 1 is 1.28 bits per heavy atom. The maximum absolute atomic E-state index is 12.7. The number of rotatable bonds is 3. The van der Waals surface area contributed by atoms with E-state index >= 15 is 0 Å². The van der Waals surface area contributed by atoms with E-state index in [4.69, 9.17) is 4.74 Å². The van der Waals surface area contributed by atoms with Gasteiger partial charge < -0.3 is 19.4 Å². The summed E-state index contributed by atoms with van der Waals surface area (Å²) in [4.78, 5) is 33.3. The van der Waals surface area contributed by atoms with Gasteiger partial charge in [0.05, 0.1) is 37.3 Å². The summed E-state index contributed by atoms with van der Waals surface area (Å²) >= 11 is 0. The average Bonchev–Trinajstić information content (AvgIpc) is 2.81. The highest BCUT2D eigenvalue weighted by Gasteiger charge is 2.41. The number of pyridine rings is 1. The number of nitrogens with zero attached hydrogens (tertiary/aromatic N) is 4. The second-order valence-corrected chi connectivity index (χ2v) is 7.71. The van der Waals surface area contributed by atoms with E-state index in [1.54, 1.807) is 19.0 Å². The van der Waals surface area contributed by atoms with Crippen LogP contribution >= 0.6 is 0 Å². The second kappa shape index (κ2) is 8.17. The van der Waals surface area contributed by atoms with Crippen LogP contribution in [-0.2, 0) is 20.5 Å². The molecule has 1 spiro atoms. The summed E-state index contributed by atoms with van der Waals surface area (Å²) in [6.45, 7) is 1.73. The Balaban J connectivity index is 1.66. The molecule has 0 atom stereocenters. The highest BCUT2D eigenvalue weighted by molar-refractivity contribution is 5.84. The Labute approximate surface area is 167 Å². The van der Waals surface area contributed by atoms with E-state index in [1.807, 2.05) is 4.90 Å². The maximum Gasteiger partial charge on any atom is 0.417 e. The van der Waals surface area contributed by atoms with Gasteiger partial charge in [-0.2, -0.15) is 13.2 Å². The van der Waals surface area contributed by atoms with Gasteiger partial charge in [-0.1, -0.05) is 0 Å². The topological polar surface area (TPSA) is 66.0 Å². The Bertz CT molecular complexity index is 744. The molecule has 0 aromatic carbocycles. The number of ether oxygens (including phenoxy) is 1. The van der Waals surface area contributed by atoms with Crippen LogP contribution in [0.25, 0.3) is 0 Å². The largest absolute Gasteiger partial charge is 0.417 e. The molecule has 0 unspecified atom stereocenters. The SMILES string of the molecule is CN(C)C(=O)CN1CC2(CCN(c3ccc(C(F)(F)F)cn3)CC2)OCCC1=O. The van der Waals surface area contributed by atoms with Crippen molar-refractivity contribution < 1.29 is 27.5 Å². The summed E-state index contributed by atoms with van der Waals surface area (Å²) < 4.78 is 44.2. The van der Waals surface area contributed by atoms with E-state index in [0.29, 0.717) is 44.9 Å². The van der Waals surface area contributed by atoms with Crippen LogP contribution in [0.15, 0.2) is 18.3 Å². The molecule has 2 aliphatic heterocycles. The molecule has 2 amide bonds.